The standard InChI is InChI=1S/C13H12F2N2O2S/c1-7-6-20-11(17-7)2-3-16-12-9(14)4-8(13(18)19)5-10(12)15/h4-6,16H,2-3H2,1H3,(H,18,19). The van der Waals surface area contributed by atoms with Gasteiger partial charge in [-0.2, -0.15) is 0 Å². The number of aromatic nitrogens is 1. The average Bonchev–Trinajstić information content (AvgIpc) is 2.78. The number of rotatable bonds is 5. The van der Waals surface area contributed by atoms with Crippen molar-refractivity contribution in [2.75, 3.05) is 11.9 Å². The van der Waals surface area contributed by atoms with Crippen LogP contribution in [0.3, 0.4) is 0 Å². The average molecular weight is 298 g/mol. The van der Waals surface area contributed by atoms with Crippen LogP contribution in [0.5, 0.6) is 0 Å². The molecule has 4 nitrogen and oxygen atoms in total. The largest absolute Gasteiger partial charge is 0.478 e. The van der Waals surface area contributed by atoms with E-state index in [4.69, 9.17) is 5.11 Å². The van der Waals surface area contributed by atoms with E-state index >= 15 is 0 Å². The highest BCUT2D eigenvalue weighted by molar-refractivity contribution is 7.09. The first kappa shape index (κ1) is 14.4. The zero-order valence-corrected chi connectivity index (χ0v) is 11.4. The Labute approximate surface area is 118 Å². The number of benzene rings is 1. The summed E-state index contributed by atoms with van der Waals surface area (Å²) in [7, 11) is 0. The van der Waals surface area contributed by atoms with E-state index in [0.717, 1.165) is 22.8 Å². The van der Waals surface area contributed by atoms with E-state index < -0.39 is 23.2 Å². The van der Waals surface area contributed by atoms with E-state index in [1.807, 2.05) is 12.3 Å². The smallest absolute Gasteiger partial charge is 0.335 e. The van der Waals surface area contributed by atoms with E-state index in [0.29, 0.717) is 13.0 Å². The van der Waals surface area contributed by atoms with Crippen LogP contribution >= 0.6 is 11.3 Å². The van der Waals surface area contributed by atoms with E-state index in [9.17, 15) is 13.6 Å². The summed E-state index contributed by atoms with van der Waals surface area (Å²) in [5, 5.41) is 14.1. The van der Waals surface area contributed by atoms with Crippen LogP contribution in [0.2, 0.25) is 0 Å². The zero-order valence-electron chi connectivity index (χ0n) is 10.6. The van der Waals surface area contributed by atoms with Gasteiger partial charge in [-0.3, -0.25) is 0 Å². The number of thiazole rings is 1. The molecule has 7 heteroatoms. The Balaban J connectivity index is 2.04. The number of hydrogen-bond donors (Lipinski definition) is 2. The van der Waals surface area contributed by atoms with E-state index in [2.05, 4.69) is 10.3 Å². The first-order chi connectivity index (χ1) is 9.47. The van der Waals surface area contributed by atoms with E-state index in [-0.39, 0.29) is 5.69 Å². The SMILES string of the molecule is Cc1csc(CCNc2c(F)cc(C(=O)O)cc2F)n1. The molecular weight excluding hydrogens is 286 g/mol. The lowest BCUT2D eigenvalue weighted by Crippen LogP contribution is -2.09. The van der Waals surface area contributed by atoms with Crippen LogP contribution in [-0.4, -0.2) is 22.6 Å². The summed E-state index contributed by atoms with van der Waals surface area (Å²) in [6, 6.07) is 1.59. The van der Waals surface area contributed by atoms with Crippen LogP contribution in [0.15, 0.2) is 17.5 Å². The minimum Gasteiger partial charge on any atom is -0.478 e. The molecule has 0 fully saturated rings. The second-order valence-electron chi connectivity index (χ2n) is 4.18. The molecule has 0 radical (unpaired) electrons. The van der Waals surface area contributed by atoms with Crippen LogP contribution < -0.4 is 5.32 Å². The molecule has 0 bridgehead atoms. The van der Waals surface area contributed by atoms with Crippen LogP contribution in [0.4, 0.5) is 14.5 Å². The Morgan fingerprint density at radius 2 is 2.05 bits per heavy atom. The van der Waals surface area contributed by atoms with Gasteiger partial charge >= 0.3 is 5.97 Å². The van der Waals surface area contributed by atoms with Gasteiger partial charge in [0.25, 0.3) is 0 Å². The molecule has 0 saturated carbocycles. The summed E-state index contributed by atoms with van der Waals surface area (Å²) in [6.45, 7) is 2.19. The number of aromatic carboxylic acids is 1. The number of carboxylic acids is 1. The van der Waals surface area contributed by atoms with Crippen molar-refractivity contribution in [1.82, 2.24) is 4.98 Å². The van der Waals surface area contributed by atoms with Gasteiger partial charge < -0.3 is 10.4 Å². The molecule has 20 heavy (non-hydrogen) atoms. The highest BCUT2D eigenvalue weighted by Gasteiger charge is 2.14. The van der Waals surface area contributed by atoms with Crippen molar-refractivity contribution in [2.45, 2.75) is 13.3 Å². The monoisotopic (exact) mass is 298 g/mol. The third-order valence-electron chi connectivity index (χ3n) is 2.60. The molecule has 1 heterocycles. The molecule has 106 valence electrons. The Kier molecular flexibility index (Phi) is 4.29. The first-order valence-electron chi connectivity index (χ1n) is 5.84. The number of halogens is 2. The zero-order chi connectivity index (χ0) is 14.7. The molecule has 0 aliphatic rings. The highest BCUT2D eigenvalue weighted by Crippen LogP contribution is 2.21. The molecule has 0 saturated heterocycles. The summed E-state index contributed by atoms with van der Waals surface area (Å²) in [5.74, 6) is -3.21. The van der Waals surface area contributed by atoms with Gasteiger partial charge in [0.1, 0.15) is 17.3 Å². The van der Waals surface area contributed by atoms with Gasteiger partial charge in [0.15, 0.2) is 0 Å². The quantitative estimate of drug-likeness (QED) is 0.890. The van der Waals surface area contributed by atoms with E-state index in [1.54, 1.807) is 0 Å². The molecule has 0 spiro atoms. The van der Waals surface area contributed by atoms with Gasteiger partial charge in [0, 0.05) is 24.0 Å². The molecule has 0 atom stereocenters. The molecule has 1 aromatic carbocycles. The van der Waals surface area contributed by atoms with Crippen molar-refractivity contribution >= 4 is 23.0 Å². The number of anilines is 1. The molecule has 2 rings (SSSR count). The Bertz CT molecular complexity index is 620. The predicted molar refractivity (Wildman–Crippen MR) is 72.4 cm³/mol. The lowest BCUT2D eigenvalue weighted by molar-refractivity contribution is 0.0696. The fourth-order valence-electron chi connectivity index (χ4n) is 1.68. The van der Waals surface area contributed by atoms with Crippen molar-refractivity contribution < 1.29 is 18.7 Å². The normalized spacial score (nSPS) is 10.6. The second kappa shape index (κ2) is 5.96. The van der Waals surface area contributed by atoms with Gasteiger partial charge in [0.2, 0.25) is 0 Å². The maximum absolute atomic E-state index is 13.6. The maximum Gasteiger partial charge on any atom is 0.335 e. The van der Waals surface area contributed by atoms with Crippen molar-refractivity contribution in [2.24, 2.45) is 0 Å². The fraction of sp³-hybridized carbons (Fsp3) is 0.231. The van der Waals surface area contributed by atoms with Gasteiger partial charge in [-0.15, -0.1) is 11.3 Å². The fourth-order valence-corrected chi connectivity index (χ4v) is 2.45. The molecule has 1 aromatic heterocycles. The van der Waals surface area contributed by atoms with E-state index in [1.165, 1.54) is 11.3 Å². The lowest BCUT2D eigenvalue weighted by Gasteiger charge is -2.08. The van der Waals surface area contributed by atoms with Gasteiger partial charge in [-0.25, -0.2) is 18.6 Å². The number of carbonyl (C=O) groups is 1. The molecular formula is C13H12F2N2O2S. The highest BCUT2D eigenvalue weighted by atomic mass is 32.1. The molecule has 0 amide bonds. The van der Waals surface area contributed by atoms with Gasteiger partial charge in [0.05, 0.1) is 10.6 Å². The Hall–Kier alpha value is -2.02. The minimum atomic E-state index is -1.37. The minimum absolute atomic E-state index is 0.313. The summed E-state index contributed by atoms with van der Waals surface area (Å²) in [4.78, 5) is 14.9. The predicted octanol–water partition coefficient (Wildman–Crippen LogP) is 3.08. The number of hydrogen-bond acceptors (Lipinski definition) is 4. The van der Waals surface area contributed by atoms with Crippen molar-refractivity contribution in [3.8, 4) is 0 Å². The number of aryl methyl sites for hydroxylation is 1. The van der Waals surface area contributed by atoms with Gasteiger partial charge in [-0.05, 0) is 19.1 Å². The summed E-state index contributed by atoms with van der Waals surface area (Å²) < 4.78 is 27.2. The molecule has 0 aliphatic carbocycles. The summed E-state index contributed by atoms with van der Waals surface area (Å²) >= 11 is 1.48. The maximum atomic E-state index is 13.6. The topological polar surface area (TPSA) is 62.2 Å². The molecule has 2 aromatic rings. The van der Waals surface area contributed by atoms with Crippen molar-refractivity contribution in [3.63, 3.8) is 0 Å². The number of carboxylic acid groups (broad SMARTS) is 1. The van der Waals surface area contributed by atoms with Crippen LogP contribution in [0, 0.1) is 18.6 Å². The molecule has 0 unspecified atom stereocenters. The molecule has 0 aliphatic heterocycles. The Morgan fingerprint density at radius 3 is 2.55 bits per heavy atom. The third-order valence-corrected chi connectivity index (χ3v) is 3.62. The lowest BCUT2D eigenvalue weighted by atomic mass is 10.2. The summed E-state index contributed by atoms with van der Waals surface area (Å²) in [5.41, 5.74) is 0.178. The van der Waals surface area contributed by atoms with Crippen LogP contribution in [0.25, 0.3) is 0 Å². The number of nitrogens with zero attached hydrogens (tertiary/aromatic N) is 1. The Morgan fingerprint density at radius 1 is 1.40 bits per heavy atom. The second-order valence-corrected chi connectivity index (χ2v) is 5.12. The van der Waals surface area contributed by atoms with Crippen LogP contribution in [-0.2, 0) is 6.42 Å². The molecule has 2 N–H and O–H groups in total. The summed E-state index contributed by atoms with van der Waals surface area (Å²) in [6.07, 6.45) is 0.540. The third kappa shape index (κ3) is 3.30. The van der Waals surface area contributed by atoms with Gasteiger partial charge in [-0.1, -0.05) is 0 Å². The first-order valence-corrected chi connectivity index (χ1v) is 6.72. The van der Waals surface area contributed by atoms with Crippen LogP contribution in [0.1, 0.15) is 21.1 Å². The number of nitrogens with one attached hydrogen (secondary N) is 1. The van der Waals surface area contributed by atoms with Crippen molar-refractivity contribution in [3.05, 3.63) is 45.4 Å². The van der Waals surface area contributed by atoms with Crippen molar-refractivity contribution in [1.29, 1.82) is 0 Å².